The zero-order valence-corrected chi connectivity index (χ0v) is 10.1. The topological polar surface area (TPSA) is 40.1 Å². The molecule has 0 fully saturated rings. The van der Waals surface area contributed by atoms with Crippen LogP contribution in [0.4, 0.5) is 0 Å². The molecule has 0 saturated carbocycles. The summed E-state index contributed by atoms with van der Waals surface area (Å²) in [6.07, 6.45) is 0. The average Bonchev–Trinajstić information content (AvgIpc) is 1.88. The van der Waals surface area contributed by atoms with Gasteiger partial charge < -0.3 is 5.98 Å². The van der Waals surface area contributed by atoms with E-state index in [-0.39, 0.29) is 31.0 Å². The minimum Gasteiger partial charge on any atom is -1.00 e. The van der Waals surface area contributed by atoms with Crippen molar-refractivity contribution in [2.75, 3.05) is 0 Å². The SMILES string of the molecule is O=S([O-])c1cccc(P)c1.[H-].[Na+]. The van der Waals surface area contributed by atoms with E-state index in [2.05, 4.69) is 9.24 Å². The van der Waals surface area contributed by atoms with Gasteiger partial charge in [0.05, 0.1) is 0 Å². The smallest absolute Gasteiger partial charge is 1.00 e. The molecule has 2 unspecified atom stereocenters. The van der Waals surface area contributed by atoms with Gasteiger partial charge in [0, 0.05) is 4.90 Å². The van der Waals surface area contributed by atoms with E-state index in [0.29, 0.717) is 4.90 Å². The summed E-state index contributed by atoms with van der Waals surface area (Å²) in [5.74, 6) is 0. The summed E-state index contributed by atoms with van der Waals surface area (Å²) in [6.45, 7) is 0. The van der Waals surface area contributed by atoms with Crippen molar-refractivity contribution in [3.63, 3.8) is 0 Å². The van der Waals surface area contributed by atoms with Crippen LogP contribution in [0, 0.1) is 0 Å². The summed E-state index contributed by atoms with van der Waals surface area (Å²) in [5.41, 5.74) is 0. The molecule has 0 amide bonds. The second-order valence-corrected chi connectivity index (χ2v) is 3.41. The Labute approximate surface area is 94.0 Å². The average molecular weight is 197 g/mol. The maximum absolute atomic E-state index is 10.3. The molecular formula is C6H7NaO2PS-. The fourth-order valence-corrected chi connectivity index (χ4v) is 1.45. The van der Waals surface area contributed by atoms with E-state index >= 15 is 0 Å². The maximum atomic E-state index is 10.3. The summed E-state index contributed by atoms with van der Waals surface area (Å²) in [4.78, 5) is 0.326. The Morgan fingerprint density at radius 3 is 2.55 bits per heavy atom. The summed E-state index contributed by atoms with van der Waals surface area (Å²) in [7, 11) is 2.44. The van der Waals surface area contributed by atoms with Crippen molar-refractivity contribution in [3.8, 4) is 0 Å². The van der Waals surface area contributed by atoms with Crippen LogP contribution >= 0.6 is 9.24 Å². The van der Waals surface area contributed by atoms with Gasteiger partial charge in [0.15, 0.2) is 0 Å². The van der Waals surface area contributed by atoms with E-state index in [1.165, 1.54) is 0 Å². The van der Waals surface area contributed by atoms with Gasteiger partial charge in [0.25, 0.3) is 0 Å². The van der Waals surface area contributed by atoms with Crippen molar-refractivity contribution in [1.29, 1.82) is 0 Å². The Hall–Kier alpha value is 0.760. The van der Waals surface area contributed by atoms with Crippen LogP contribution in [-0.2, 0) is 11.1 Å². The number of rotatable bonds is 1. The van der Waals surface area contributed by atoms with Crippen LogP contribution in [0.25, 0.3) is 0 Å². The number of hydrogen-bond donors (Lipinski definition) is 0. The van der Waals surface area contributed by atoms with Crippen molar-refractivity contribution >= 4 is 25.6 Å². The van der Waals surface area contributed by atoms with Crippen molar-refractivity contribution in [1.82, 2.24) is 0 Å². The molecule has 0 bridgehead atoms. The molecule has 0 spiro atoms. The largest absolute Gasteiger partial charge is 1.00 e. The molecule has 2 atom stereocenters. The number of benzene rings is 1. The standard InChI is InChI=1S/C6H7O2PS.Na.H/c7-10(8)6-3-1-2-5(9)4-6;;/h1-4H,9H2,(H,7,8);;/q;+1;-1/p-1. The zero-order valence-electron chi connectivity index (χ0n) is 7.11. The third-order valence-corrected chi connectivity index (χ3v) is 2.05. The van der Waals surface area contributed by atoms with Crippen molar-refractivity contribution in [3.05, 3.63) is 24.3 Å². The van der Waals surface area contributed by atoms with Crippen LogP contribution in [0.15, 0.2) is 29.2 Å². The Morgan fingerprint density at radius 2 is 2.18 bits per heavy atom. The second-order valence-electron chi connectivity index (χ2n) is 1.81. The van der Waals surface area contributed by atoms with Gasteiger partial charge in [0.1, 0.15) is 0 Å². The van der Waals surface area contributed by atoms with Crippen LogP contribution in [-0.4, -0.2) is 8.76 Å². The maximum Gasteiger partial charge on any atom is 1.00 e. The van der Waals surface area contributed by atoms with Crippen molar-refractivity contribution in [2.24, 2.45) is 0 Å². The molecule has 0 aromatic heterocycles. The van der Waals surface area contributed by atoms with Crippen molar-refractivity contribution < 1.29 is 39.7 Å². The van der Waals surface area contributed by atoms with E-state index in [1.54, 1.807) is 18.2 Å². The van der Waals surface area contributed by atoms with Gasteiger partial charge in [-0.2, -0.15) is 0 Å². The molecule has 0 aliphatic carbocycles. The third-order valence-electron chi connectivity index (χ3n) is 1.05. The van der Waals surface area contributed by atoms with Crippen LogP contribution < -0.4 is 34.9 Å². The first-order valence-corrected chi connectivity index (χ1v) is 4.30. The summed E-state index contributed by atoms with van der Waals surface area (Å²) >= 11 is -2.10. The Kier molecular flexibility index (Phi) is 5.79. The molecule has 56 valence electrons. The van der Waals surface area contributed by atoms with Crippen LogP contribution in [0.1, 0.15) is 1.43 Å². The van der Waals surface area contributed by atoms with Gasteiger partial charge in [-0.3, -0.25) is 4.21 Å². The van der Waals surface area contributed by atoms with E-state index in [9.17, 15) is 8.76 Å². The molecule has 0 aliphatic heterocycles. The molecule has 11 heavy (non-hydrogen) atoms. The Bertz CT molecular complexity index is 271. The van der Waals surface area contributed by atoms with E-state index < -0.39 is 11.1 Å². The minimum atomic E-state index is -2.10. The minimum absolute atomic E-state index is 0. The molecule has 0 saturated heterocycles. The number of hydrogen-bond acceptors (Lipinski definition) is 2. The van der Waals surface area contributed by atoms with E-state index in [0.717, 1.165) is 5.30 Å². The van der Waals surface area contributed by atoms with Crippen LogP contribution in [0.5, 0.6) is 0 Å². The normalized spacial score (nSPS) is 11.8. The first-order valence-electron chi connectivity index (χ1n) is 2.65. The van der Waals surface area contributed by atoms with Gasteiger partial charge in [-0.25, -0.2) is 0 Å². The fourth-order valence-electron chi connectivity index (χ4n) is 0.618. The predicted molar refractivity (Wildman–Crippen MR) is 44.1 cm³/mol. The molecule has 1 aromatic rings. The fraction of sp³-hybridized carbons (Fsp3) is 0. The molecule has 0 radical (unpaired) electrons. The molecule has 5 heteroatoms. The third kappa shape index (κ3) is 3.79. The quantitative estimate of drug-likeness (QED) is 0.284. The molecule has 1 rings (SSSR count). The predicted octanol–water partition coefficient (Wildman–Crippen LogP) is -2.46. The summed E-state index contributed by atoms with van der Waals surface area (Å²) in [6, 6.07) is 6.67. The molecule has 0 aliphatic rings. The Morgan fingerprint density at radius 1 is 1.55 bits per heavy atom. The molecule has 2 nitrogen and oxygen atoms in total. The molecule has 1 aromatic carbocycles. The van der Waals surface area contributed by atoms with Gasteiger partial charge in [-0.05, 0) is 28.5 Å². The first kappa shape index (κ1) is 11.8. The molecule has 0 N–H and O–H groups in total. The zero-order chi connectivity index (χ0) is 7.56. The van der Waals surface area contributed by atoms with Gasteiger partial charge >= 0.3 is 29.6 Å². The van der Waals surface area contributed by atoms with Crippen molar-refractivity contribution in [2.45, 2.75) is 4.90 Å². The molecule has 0 heterocycles. The van der Waals surface area contributed by atoms with Gasteiger partial charge in [-0.15, -0.1) is 9.24 Å². The van der Waals surface area contributed by atoms with E-state index in [4.69, 9.17) is 0 Å². The van der Waals surface area contributed by atoms with Gasteiger partial charge in [-0.1, -0.05) is 12.1 Å². The summed E-state index contributed by atoms with van der Waals surface area (Å²) in [5, 5.41) is 0.877. The first-order chi connectivity index (χ1) is 4.70. The monoisotopic (exact) mass is 197 g/mol. The Balaban J connectivity index is 0. The van der Waals surface area contributed by atoms with Crippen LogP contribution in [0.3, 0.4) is 0 Å². The van der Waals surface area contributed by atoms with Gasteiger partial charge in [0.2, 0.25) is 0 Å². The summed E-state index contributed by atoms with van der Waals surface area (Å²) < 4.78 is 20.7. The van der Waals surface area contributed by atoms with E-state index in [1.807, 2.05) is 6.07 Å². The second kappa shape index (κ2) is 5.41. The van der Waals surface area contributed by atoms with Crippen LogP contribution in [0.2, 0.25) is 0 Å². The molecular weight excluding hydrogens is 190 g/mol.